The smallest absolute Gasteiger partial charge is 0.160 e. The molecule has 0 aromatic heterocycles. The van der Waals surface area contributed by atoms with Gasteiger partial charge in [-0.2, -0.15) is 0 Å². The number of halogens is 2. The summed E-state index contributed by atoms with van der Waals surface area (Å²) in [5.74, 6) is -0.425. The molecule has 0 atom stereocenters. The molecule has 0 radical (unpaired) electrons. The van der Waals surface area contributed by atoms with Gasteiger partial charge in [-0.05, 0) is 49.5 Å². The highest BCUT2D eigenvalue weighted by molar-refractivity contribution is 6.30. The van der Waals surface area contributed by atoms with Gasteiger partial charge in [0, 0.05) is 11.4 Å². The monoisotopic (exact) mass is 266 g/mol. The molecule has 0 bridgehead atoms. The zero-order chi connectivity index (χ0) is 13.0. The molecule has 3 heteroatoms. The first kappa shape index (κ1) is 13.3. The molecule has 1 saturated carbocycles. The molecule has 0 unspecified atom stereocenters. The van der Waals surface area contributed by atoms with Gasteiger partial charge in [-0.1, -0.05) is 29.7 Å². The Morgan fingerprint density at radius 1 is 1.28 bits per heavy atom. The summed E-state index contributed by atoms with van der Waals surface area (Å²) in [6.45, 7) is 0. The molecule has 0 saturated heterocycles. The lowest BCUT2D eigenvalue weighted by Crippen LogP contribution is -2.04. The highest BCUT2D eigenvalue weighted by atomic mass is 35.5. The molecule has 1 aliphatic rings. The second kappa shape index (κ2) is 6.14. The van der Waals surface area contributed by atoms with Crippen molar-refractivity contribution in [3.05, 3.63) is 46.3 Å². The maximum atomic E-state index is 13.5. The summed E-state index contributed by atoms with van der Waals surface area (Å²) in [6, 6.07) is 4.44. The van der Waals surface area contributed by atoms with Crippen LogP contribution in [0.1, 0.15) is 37.7 Å². The Hall–Kier alpha value is -1.15. The Morgan fingerprint density at radius 2 is 2.00 bits per heavy atom. The summed E-state index contributed by atoms with van der Waals surface area (Å²) >= 11 is 5.67. The third-order valence-electron chi connectivity index (χ3n) is 3.24. The van der Waals surface area contributed by atoms with Crippen molar-refractivity contribution >= 4 is 17.4 Å². The van der Waals surface area contributed by atoms with Gasteiger partial charge >= 0.3 is 0 Å². The van der Waals surface area contributed by atoms with Crippen LogP contribution in [0.2, 0.25) is 5.02 Å². The van der Waals surface area contributed by atoms with E-state index in [4.69, 9.17) is 11.6 Å². The van der Waals surface area contributed by atoms with E-state index in [9.17, 15) is 9.18 Å². The lowest BCUT2D eigenvalue weighted by Gasteiger charge is -2.12. The van der Waals surface area contributed by atoms with Gasteiger partial charge in [-0.25, -0.2) is 4.39 Å². The Kier molecular flexibility index (Phi) is 4.54. The topological polar surface area (TPSA) is 17.1 Å². The van der Waals surface area contributed by atoms with E-state index in [-0.39, 0.29) is 12.2 Å². The van der Waals surface area contributed by atoms with Crippen LogP contribution < -0.4 is 0 Å². The van der Waals surface area contributed by atoms with Crippen LogP contribution in [0.25, 0.3) is 0 Å². The van der Waals surface area contributed by atoms with Crippen molar-refractivity contribution in [1.82, 2.24) is 0 Å². The summed E-state index contributed by atoms with van der Waals surface area (Å²) in [6.07, 6.45) is 7.41. The minimum Gasteiger partial charge on any atom is -0.294 e. The maximum Gasteiger partial charge on any atom is 0.160 e. The molecular weight excluding hydrogens is 251 g/mol. The first-order chi connectivity index (χ1) is 8.65. The highest BCUT2D eigenvalue weighted by Crippen LogP contribution is 2.23. The fourth-order valence-electron chi connectivity index (χ4n) is 2.28. The number of carbonyl (C=O) groups is 1. The summed E-state index contributed by atoms with van der Waals surface area (Å²) in [5.41, 5.74) is 1.62. The van der Waals surface area contributed by atoms with Crippen molar-refractivity contribution in [3.8, 4) is 0 Å². The van der Waals surface area contributed by atoms with Gasteiger partial charge in [0.2, 0.25) is 0 Å². The molecule has 18 heavy (non-hydrogen) atoms. The van der Waals surface area contributed by atoms with Crippen LogP contribution in [0.15, 0.2) is 29.8 Å². The standard InChI is InChI=1S/C15H16ClFO/c16-13-7-6-12(15(17)10-13)9-14(18)8-11-4-2-1-3-5-11/h6-8,10H,1-5,9H2. The third kappa shape index (κ3) is 3.67. The number of ketones is 1. The minimum absolute atomic E-state index is 0.0203. The second-order valence-corrected chi connectivity index (χ2v) is 5.18. The number of rotatable bonds is 3. The molecule has 0 spiro atoms. The van der Waals surface area contributed by atoms with Gasteiger partial charge < -0.3 is 0 Å². The Labute approximate surface area is 112 Å². The number of hydrogen-bond donors (Lipinski definition) is 0. The second-order valence-electron chi connectivity index (χ2n) is 4.74. The van der Waals surface area contributed by atoms with Crippen LogP contribution in [0.5, 0.6) is 0 Å². The summed E-state index contributed by atoms with van der Waals surface area (Å²) in [7, 11) is 0. The lowest BCUT2D eigenvalue weighted by atomic mass is 9.93. The van der Waals surface area contributed by atoms with Gasteiger partial charge in [0.05, 0.1) is 0 Å². The van der Waals surface area contributed by atoms with E-state index in [0.717, 1.165) is 25.7 Å². The van der Waals surface area contributed by atoms with Crippen molar-refractivity contribution in [2.45, 2.75) is 38.5 Å². The molecule has 1 aromatic rings. The van der Waals surface area contributed by atoms with Crippen molar-refractivity contribution in [2.75, 3.05) is 0 Å². The quantitative estimate of drug-likeness (QED) is 0.737. The normalized spacial score (nSPS) is 15.6. The van der Waals surface area contributed by atoms with E-state index >= 15 is 0 Å². The van der Waals surface area contributed by atoms with E-state index in [2.05, 4.69) is 0 Å². The van der Waals surface area contributed by atoms with Crippen molar-refractivity contribution in [2.24, 2.45) is 0 Å². The molecule has 1 nitrogen and oxygen atoms in total. The van der Waals surface area contributed by atoms with Crippen LogP contribution in [-0.4, -0.2) is 5.78 Å². The molecule has 0 aliphatic heterocycles. The Morgan fingerprint density at radius 3 is 2.67 bits per heavy atom. The number of carbonyl (C=O) groups excluding carboxylic acids is 1. The largest absolute Gasteiger partial charge is 0.294 e. The molecule has 1 aromatic carbocycles. The SMILES string of the molecule is O=C(C=C1CCCCC1)Cc1ccc(Cl)cc1F. The van der Waals surface area contributed by atoms with E-state index in [1.165, 1.54) is 18.1 Å². The van der Waals surface area contributed by atoms with E-state index in [0.29, 0.717) is 10.6 Å². The Bertz CT molecular complexity index is 471. The van der Waals surface area contributed by atoms with Gasteiger partial charge in [0.25, 0.3) is 0 Å². The average molecular weight is 267 g/mol. The van der Waals surface area contributed by atoms with Crippen LogP contribution in [-0.2, 0) is 11.2 Å². The number of benzene rings is 1. The third-order valence-corrected chi connectivity index (χ3v) is 3.48. The first-order valence-corrected chi connectivity index (χ1v) is 6.69. The van der Waals surface area contributed by atoms with E-state index in [1.54, 1.807) is 18.2 Å². The van der Waals surface area contributed by atoms with Gasteiger partial charge in [0.1, 0.15) is 5.82 Å². The fraction of sp³-hybridized carbons (Fsp3) is 0.400. The zero-order valence-corrected chi connectivity index (χ0v) is 11.0. The van der Waals surface area contributed by atoms with Gasteiger partial charge in [-0.3, -0.25) is 4.79 Å². The highest BCUT2D eigenvalue weighted by Gasteiger charge is 2.10. The zero-order valence-electron chi connectivity index (χ0n) is 10.2. The van der Waals surface area contributed by atoms with Gasteiger partial charge in [0.15, 0.2) is 5.78 Å². The number of allylic oxidation sites excluding steroid dienone is 2. The van der Waals surface area contributed by atoms with E-state index < -0.39 is 5.82 Å². The number of hydrogen-bond acceptors (Lipinski definition) is 1. The summed E-state index contributed by atoms with van der Waals surface area (Å²) in [5, 5.41) is 0.356. The molecule has 0 heterocycles. The molecule has 1 fully saturated rings. The maximum absolute atomic E-state index is 13.5. The molecular formula is C15H16ClFO. The molecule has 2 rings (SSSR count). The first-order valence-electron chi connectivity index (χ1n) is 6.31. The molecule has 1 aliphatic carbocycles. The molecule has 0 N–H and O–H groups in total. The predicted octanol–water partition coefficient (Wildman–Crippen LogP) is 4.48. The van der Waals surface area contributed by atoms with E-state index in [1.807, 2.05) is 0 Å². The minimum atomic E-state index is -0.405. The van der Waals surface area contributed by atoms with Crippen molar-refractivity contribution < 1.29 is 9.18 Å². The lowest BCUT2D eigenvalue weighted by molar-refractivity contribution is -0.114. The van der Waals surface area contributed by atoms with Crippen LogP contribution >= 0.6 is 11.6 Å². The summed E-state index contributed by atoms with van der Waals surface area (Å²) < 4.78 is 13.5. The van der Waals surface area contributed by atoms with Crippen LogP contribution in [0.3, 0.4) is 0 Å². The fourth-order valence-corrected chi connectivity index (χ4v) is 2.44. The summed E-state index contributed by atoms with van der Waals surface area (Å²) in [4.78, 5) is 11.8. The average Bonchev–Trinajstić information content (AvgIpc) is 2.34. The molecule has 0 amide bonds. The molecule has 96 valence electrons. The predicted molar refractivity (Wildman–Crippen MR) is 71.3 cm³/mol. The van der Waals surface area contributed by atoms with Gasteiger partial charge in [-0.15, -0.1) is 0 Å². The van der Waals surface area contributed by atoms with Crippen molar-refractivity contribution in [1.29, 1.82) is 0 Å². The Balaban J connectivity index is 2.02. The van der Waals surface area contributed by atoms with Crippen LogP contribution in [0, 0.1) is 5.82 Å². The van der Waals surface area contributed by atoms with Crippen molar-refractivity contribution in [3.63, 3.8) is 0 Å². The van der Waals surface area contributed by atoms with Crippen LogP contribution in [0.4, 0.5) is 4.39 Å².